The van der Waals surface area contributed by atoms with Gasteiger partial charge < -0.3 is 24.8 Å². The number of rotatable bonds is 7. The minimum absolute atomic E-state index is 0. The SMILES string of the molecule is CCOc1cc(CNC(=NC)Nc2ccc(OC)c(OC)c2)ccn1.I. The average molecular weight is 472 g/mol. The molecule has 0 saturated heterocycles. The number of anilines is 1. The molecule has 0 saturated carbocycles. The smallest absolute Gasteiger partial charge is 0.213 e. The number of benzene rings is 1. The third-order valence-electron chi connectivity index (χ3n) is 3.42. The van der Waals surface area contributed by atoms with Gasteiger partial charge in [-0.1, -0.05) is 0 Å². The molecule has 8 heteroatoms. The predicted octanol–water partition coefficient (Wildman–Crippen LogP) is 3.30. The molecule has 0 aliphatic carbocycles. The molecule has 7 nitrogen and oxygen atoms in total. The van der Waals surface area contributed by atoms with Crippen LogP contribution in [-0.2, 0) is 6.54 Å². The second-order valence-corrected chi connectivity index (χ2v) is 5.06. The molecule has 0 radical (unpaired) electrons. The zero-order valence-corrected chi connectivity index (χ0v) is 17.7. The summed E-state index contributed by atoms with van der Waals surface area (Å²) in [7, 11) is 4.93. The van der Waals surface area contributed by atoms with E-state index in [1.807, 2.05) is 37.3 Å². The van der Waals surface area contributed by atoms with Gasteiger partial charge in [0, 0.05) is 37.6 Å². The molecule has 2 rings (SSSR count). The Bertz CT molecular complexity index is 725. The van der Waals surface area contributed by atoms with Crippen LogP contribution in [0.25, 0.3) is 0 Å². The average Bonchev–Trinajstić information content (AvgIpc) is 2.65. The number of methoxy groups -OCH3 is 2. The Hall–Kier alpha value is -2.23. The van der Waals surface area contributed by atoms with Gasteiger partial charge in [-0.25, -0.2) is 4.98 Å². The number of pyridine rings is 1. The van der Waals surface area contributed by atoms with Gasteiger partial charge in [0.25, 0.3) is 0 Å². The number of hydrogen-bond donors (Lipinski definition) is 2. The van der Waals surface area contributed by atoms with Gasteiger partial charge in [0.05, 0.1) is 20.8 Å². The maximum Gasteiger partial charge on any atom is 0.213 e. The van der Waals surface area contributed by atoms with Crippen LogP contribution in [0.2, 0.25) is 0 Å². The first kappa shape index (κ1) is 21.8. The molecule has 26 heavy (non-hydrogen) atoms. The lowest BCUT2D eigenvalue weighted by Gasteiger charge is -2.14. The summed E-state index contributed by atoms with van der Waals surface area (Å²) in [6.45, 7) is 3.11. The van der Waals surface area contributed by atoms with Gasteiger partial charge in [-0.3, -0.25) is 4.99 Å². The molecule has 142 valence electrons. The minimum Gasteiger partial charge on any atom is -0.493 e. The maximum atomic E-state index is 5.41. The second kappa shape index (κ2) is 11.4. The Morgan fingerprint density at radius 3 is 2.54 bits per heavy atom. The van der Waals surface area contributed by atoms with E-state index in [9.17, 15) is 0 Å². The first-order chi connectivity index (χ1) is 12.2. The molecule has 0 unspecified atom stereocenters. The molecular weight excluding hydrogens is 447 g/mol. The third-order valence-corrected chi connectivity index (χ3v) is 3.42. The predicted molar refractivity (Wildman–Crippen MR) is 114 cm³/mol. The topological polar surface area (TPSA) is 77.0 Å². The van der Waals surface area contributed by atoms with E-state index < -0.39 is 0 Å². The summed E-state index contributed by atoms with van der Waals surface area (Å²) >= 11 is 0. The van der Waals surface area contributed by atoms with Gasteiger partial charge in [-0.2, -0.15) is 0 Å². The third kappa shape index (κ3) is 6.25. The number of ether oxygens (including phenoxy) is 3. The molecule has 2 N–H and O–H groups in total. The van der Waals surface area contributed by atoms with Crippen LogP contribution in [-0.4, -0.2) is 38.8 Å². The highest BCUT2D eigenvalue weighted by molar-refractivity contribution is 14.0. The number of halogens is 1. The van der Waals surface area contributed by atoms with E-state index in [1.165, 1.54) is 0 Å². The minimum atomic E-state index is 0. The lowest BCUT2D eigenvalue weighted by molar-refractivity contribution is 0.326. The van der Waals surface area contributed by atoms with Gasteiger partial charge in [-0.05, 0) is 30.7 Å². The number of hydrogen-bond acceptors (Lipinski definition) is 5. The Morgan fingerprint density at radius 2 is 1.88 bits per heavy atom. The van der Waals surface area contributed by atoms with Crippen molar-refractivity contribution in [3.63, 3.8) is 0 Å². The molecule has 0 aliphatic rings. The fourth-order valence-electron chi connectivity index (χ4n) is 2.20. The number of aromatic nitrogens is 1. The summed E-state index contributed by atoms with van der Waals surface area (Å²) < 4.78 is 16.0. The van der Waals surface area contributed by atoms with Crippen molar-refractivity contribution >= 4 is 35.6 Å². The van der Waals surface area contributed by atoms with Crippen molar-refractivity contribution in [2.45, 2.75) is 13.5 Å². The Balaban J connectivity index is 0.00000338. The van der Waals surface area contributed by atoms with Crippen LogP contribution >= 0.6 is 24.0 Å². The standard InChI is InChI=1S/C18H24N4O3.HI/c1-5-25-17-10-13(8-9-20-17)12-21-18(19-2)22-14-6-7-15(23-3)16(11-14)24-4;/h6-11H,5,12H2,1-4H3,(H2,19,21,22);1H. The quantitative estimate of drug-likeness (QED) is 0.366. The molecule has 0 amide bonds. The Labute approximate surface area is 171 Å². The van der Waals surface area contributed by atoms with E-state index in [0.717, 1.165) is 11.3 Å². The number of guanidine groups is 1. The molecule has 2 aromatic rings. The normalized spacial score (nSPS) is 10.5. The van der Waals surface area contributed by atoms with Crippen molar-refractivity contribution in [1.82, 2.24) is 10.3 Å². The van der Waals surface area contributed by atoms with Crippen molar-refractivity contribution in [1.29, 1.82) is 0 Å². The van der Waals surface area contributed by atoms with Crippen LogP contribution in [0.4, 0.5) is 5.69 Å². The van der Waals surface area contributed by atoms with E-state index in [4.69, 9.17) is 14.2 Å². The molecule has 0 fully saturated rings. The molecule has 0 bridgehead atoms. The number of nitrogens with one attached hydrogen (secondary N) is 2. The van der Waals surface area contributed by atoms with Crippen LogP contribution in [0.15, 0.2) is 41.5 Å². The van der Waals surface area contributed by atoms with Crippen LogP contribution in [0, 0.1) is 0 Å². The summed E-state index contributed by atoms with van der Waals surface area (Å²) in [5, 5.41) is 6.47. The maximum absolute atomic E-state index is 5.41. The van der Waals surface area contributed by atoms with Gasteiger partial charge >= 0.3 is 0 Å². The first-order valence-electron chi connectivity index (χ1n) is 7.97. The zero-order chi connectivity index (χ0) is 18.1. The lowest BCUT2D eigenvalue weighted by Crippen LogP contribution is -2.30. The van der Waals surface area contributed by atoms with Gasteiger partial charge in [0.15, 0.2) is 17.5 Å². The molecule has 1 aromatic carbocycles. The van der Waals surface area contributed by atoms with Crippen LogP contribution in [0.1, 0.15) is 12.5 Å². The van der Waals surface area contributed by atoms with E-state index in [0.29, 0.717) is 36.5 Å². The molecule has 0 atom stereocenters. The van der Waals surface area contributed by atoms with Crippen LogP contribution < -0.4 is 24.8 Å². The highest BCUT2D eigenvalue weighted by atomic mass is 127. The van der Waals surface area contributed by atoms with E-state index in [2.05, 4.69) is 20.6 Å². The molecule has 0 spiro atoms. The lowest BCUT2D eigenvalue weighted by atomic mass is 10.2. The van der Waals surface area contributed by atoms with Crippen molar-refractivity contribution in [2.75, 3.05) is 33.2 Å². The van der Waals surface area contributed by atoms with Gasteiger partial charge in [0.1, 0.15) is 0 Å². The molecule has 1 heterocycles. The number of nitrogens with zero attached hydrogens (tertiary/aromatic N) is 2. The molecule has 0 aliphatic heterocycles. The van der Waals surface area contributed by atoms with Gasteiger partial charge in [-0.15, -0.1) is 24.0 Å². The van der Waals surface area contributed by atoms with Crippen molar-refractivity contribution in [3.05, 3.63) is 42.1 Å². The fraction of sp³-hybridized carbons (Fsp3) is 0.333. The summed E-state index contributed by atoms with van der Waals surface area (Å²) in [6, 6.07) is 9.42. The summed E-state index contributed by atoms with van der Waals surface area (Å²) in [4.78, 5) is 8.39. The monoisotopic (exact) mass is 472 g/mol. The largest absolute Gasteiger partial charge is 0.493 e. The van der Waals surface area contributed by atoms with Crippen LogP contribution in [0.5, 0.6) is 17.4 Å². The number of aliphatic imine (C=N–C) groups is 1. The summed E-state index contributed by atoms with van der Waals surface area (Å²) in [6.07, 6.45) is 1.73. The first-order valence-corrected chi connectivity index (χ1v) is 7.97. The van der Waals surface area contributed by atoms with E-state index in [-0.39, 0.29) is 24.0 Å². The molecule has 1 aromatic heterocycles. The van der Waals surface area contributed by atoms with Crippen molar-refractivity contribution < 1.29 is 14.2 Å². The summed E-state index contributed by atoms with van der Waals surface area (Å²) in [5.41, 5.74) is 1.89. The van der Waals surface area contributed by atoms with E-state index >= 15 is 0 Å². The van der Waals surface area contributed by atoms with E-state index in [1.54, 1.807) is 27.5 Å². The second-order valence-electron chi connectivity index (χ2n) is 5.06. The zero-order valence-electron chi connectivity index (χ0n) is 15.4. The Kier molecular flexibility index (Phi) is 9.56. The highest BCUT2D eigenvalue weighted by Gasteiger charge is 2.06. The summed E-state index contributed by atoms with van der Waals surface area (Å²) in [5.74, 6) is 2.58. The van der Waals surface area contributed by atoms with Crippen molar-refractivity contribution in [2.24, 2.45) is 4.99 Å². The van der Waals surface area contributed by atoms with Gasteiger partial charge in [0.2, 0.25) is 5.88 Å². The van der Waals surface area contributed by atoms with Crippen LogP contribution in [0.3, 0.4) is 0 Å². The Morgan fingerprint density at radius 1 is 1.12 bits per heavy atom. The molecular formula is C18H25IN4O3. The highest BCUT2D eigenvalue weighted by Crippen LogP contribution is 2.29. The fourth-order valence-corrected chi connectivity index (χ4v) is 2.20. The van der Waals surface area contributed by atoms with Crippen molar-refractivity contribution in [3.8, 4) is 17.4 Å².